The molecule has 0 spiro atoms. The van der Waals surface area contributed by atoms with Crippen LogP contribution >= 0.6 is 15.9 Å². The van der Waals surface area contributed by atoms with Crippen LogP contribution < -0.4 is 4.72 Å². The quantitative estimate of drug-likeness (QED) is 0.758. The van der Waals surface area contributed by atoms with Crippen molar-refractivity contribution in [3.63, 3.8) is 0 Å². The van der Waals surface area contributed by atoms with Gasteiger partial charge in [0.05, 0.1) is 6.61 Å². The van der Waals surface area contributed by atoms with Gasteiger partial charge in [0.25, 0.3) is 0 Å². The third kappa shape index (κ3) is 4.80. The van der Waals surface area contributed by atoms with Gasteiger partial charge in [-0.25, -0.2) is 9.52 Å². The Bertz CT molecular complexity index is 306. The second kappa shape index (κ2) is 6.29. The third-order valence-corrected chi connectivity index (χ3v) is 4.19. The second-order valence-corrected chi connectivity index (χ2v) is 5.22. The molecule has 1 N–H and O–H groups in total. The summed E-state index contributed by atoms with van der Waals surface area (Å²) in [5.74, 6) is 0. The van der Waals surface area contributed by atoms with E-state index >= 15 is 0 Å². The van der Waals surface area contributed by atoms with Crippen LogP contribution in [0.15, 0.2) is 0 Å². The molecular formula is C7H15BrN2O4S. The Morgan fingerprint density at radius 1 is 1.60 bits per heavy atom. The molecule has 0 aliphatic heterocycles. The molecule has 1 atom stereocenters. The van der Waals surface area contributed by atoms with Crippen LogP contribution in [-0.4, -0.2) is 43.8 Å². The van der Waals surface area contributed by atoms with Crippen molar-refractivity contribution >= 4 is 32.2 Å². The molecule has 0 aromatic carbocycles. The maximum atomic E-state index is 11.5. The molecule has 0 heterocycles. The molecule has 0 aliphatic rings. The number of hydrogen-bond acceptors (Lipinski definition) is 4. The van der Waals surface area contributed by atoms with Crippen LogP contribution in [0.5, 0.6) is 0 Å². The molecule has 0 aromatic rings. The zero-order valence-electron chi connectivity index (χ0n) is 8.86. The van der Waals surface area contributed by atoms with Gasteiger partial charge < -0.3 is 4.74 Å². The minimum atomic E-state index is -3.81. The molecule has 15 heavy (non-hydrogen) atoms. The average molecular weight is 303 g/mol. The van der Waals surface area contributed by atoms with Crippen molar-refractivity contribution in [2.75, 3.05) is 19.0 Å². The van der Waals surface area contributed by atoms with Crippen LogP contribution in [-0.2, 0) is 14.9 Å². The van der Waals surface area contributed by atoms with Crippen molar-refractivity contribution in [1.82, 2.24) is 9.03 Å². The van der Waals surface area contributed by atoms with Gasteiger partial charge in [-0.05, 0) is 13.8 Å². The van der Waals surface area contributed by atoms with Gasteiger partial charge in [-0.3, -0.25) is 0 Å². The van der Waals surface area contributed by atoms with Crippen molar-refractivity contribution in [3.8, 4) is 0 Å². The Balaban J connectivity index is 4.48. The SMILES string of the molecule is CCOC(=O)NS(=O)(=O)N(C)C(C)CBr. The first-order chi connectivity index (χ1) is 6.85. The first-order valence-corrected chi connectivity index (χ1v) is 6.89. The Morgan fingerprint density at radius 3 is 2.53 bits per heavy atom. The number of alkyl halides is 1. The maximum Gasteiger partial charge on any atom is 0.421 e. The summed E-state index contributed by atoms with van der Waals surface area (Å²) in [4.78, 5) is 10.9. The number of carbonyl (C=O) groups is 1. The number of nitrogens with zero attached hydrogens (tertiary/aromatic N) is 1. The van der Waals surface area contributed by atoms with Crippen LogP contribution in [0.1, 0.15) is 13.8 Å². The molecule has 0 radical (unpaired) electrons. The van der Waals surface area contributed by atoms with E-state index < -0.39 is 16.3 Å². The molecule has 0 saturated carbocycles. The molecule has 8 heteroatoms. The predicted molar refractivity (Wildman–Crippen MR) is 60.1 cm³/mol. The van der Waals surface area contributed by atoms with E-state index in [2.05, 4.69) is 20.7 Å². The van der Waals surface area contributed by atoms with E-state index in [1.54, 1.807) is 18.6 Å². The summed E-state index contributed by atoms with van der Waals surface area (Å²) in [6.07, 6.45) is -0.967. The van der Waals surface area contributed by atoms with Gasteiger partial charge in [0.15, 0.2) is 0 Å². The smallest absolute Gasteiger partial charge is 0.421 e. The summed E-state index contributed by atoms with van der Waals surface area (Å²) in [5, 5.41) is 0.479. The summed E-state index contributed by atoms with van der Waals surface area (Å²) in [6.45, 7) is 3.43. The summed E-state index contributed by atoms with van der Waals surface area (Å²) >= 11 is 3.15. The Labute approximate surface area is 98.3 Å². The Hall–Kier alpha value is -0.340. The number of nitrogens with one attached hydrogen (secondary N) is 1. The van der Waals surface area contributed by atoms with Crippen molar-refractivity contribution in [2.45, 2.75) is 19.9 Å². The molecule has 1 amide bonds. The van der Waals surface area contributed by atoms with E-state index in [1.807, 2.05) is 0 Å². The van der Waals surface area contributed by atoms with E-state index in [0.29, 0.717) is 5.33 Å². The lowest BCUT2D eigenvalue weighted by atomic mass is 10.4. The highest BCUT2D eigenvalue weighted by molar-refractivity contribution is 9.09. The van der Waals surface area contributed by atoms with Crippen LogP contribution in [0.2, 0.25) is 0 Å². The molecule has 6 nitrogen and oxygen atoms in total. The molecule has 0 aromatic heterocycles. The van der Waals surface area contributed by atoms with E-state index in [4.69, 9.17) is 0 Å². The lowest BCUT2D eigenvalue weighted by molar-refractivity contribution is 0.158. The summed E-state index contributed by atoms with van der Waals surface area (Å²) < 4.78 is 30.3. The molecule has 0 rings (SSSR count). The summed E-state index contributed by atoms with van der Waals surface area (Å²) in [5.41, 5.74) is 0. The molecule has 1 unspecified atom stereocenters. The monoisotopic (exact) mass is 302 g/mol. The summed E-state index contributed by atoms with van der Waals surface area (Å²) in [6, 6.07) is -0.253. The van der Waals surface area contributed by atoms with Crippen LogP contribution in [0.3, 0.4) is 0 Å². The Kier molecular flexibility index (Phi) is 6.15. The minimum absolute atomic E-state index is 0.124. The molecule has 0 fully saturated rings. The summed E-state index contributed by atoms with van der Waals surface area (Å²) in [7, 11) is -2.43. The fraction of sp³-hybridized carbons (Fsp3) is 0.857. The van der Waals surface area contributed by atoms with Crippen molar-refractivity contribution in [2.24, 2.45) is 0 Å². The van der Waals surface area contributed by atoms with Crippen molar-refractivity contribution < 1.29 is 17.9 Å². The number of amides is 1. The van der Waals surface area contributed by atoms with Gasteiger partial charge in [-0.1, -0.05) is 15.9 Å². The van der Waals surface area contributed by atoms with Gasteiger partial charge in [0, 0.05) is 18.4 Å². The van der Waals surface area contributed by atoms with E-state index in [0.717, 1.165) is 4.31 Å². The first kappa shape index (κ1) is 14.7. The second-order valence-electron chi connectivity index (χ2n) is 2.85. The lowest BCUT2D eigenvalue weighted by Crippen LogP contribution is -2.46. The molecular weight excluding hydrogens is 288 g/mol. The number of carbonyl (C=O) groups excluding carboxylic acids is 1. The molecule has 0 saturated heterocycles. The highest BCUT2D eigenvalue weighted by Gasteiger charge is 2.24. The number of ether oxygens (including phenoxy) is 1. The van der Waals surface area contributed by atoms with Crippen LogP contribution in [0.25, 0.3) is 0 Å². The van der Waals surface area contributed by atoms with Crippen molar-refractivity contribution in [1.29, 1.82) is 0 Å². The normalized spacial score (nSPS) is 13.7. The maximum absolute atomic E-state index is 11.5. The Morgan fingerprint density at radius 2 is 2.13 bits per heavy atom. The first-order valence-electron chi connectivity index (χ1n) is 4.33. The largest absolute Gasteiger partial charge is 0.449 e. The number of halogens is 1. The average Bonchev–Trinajstić information content (AvgIpc) is 2.15. The highest BCUT2D eigenvalue weighted by Crippen LogP contribution is 2.04. The van der Waals surface area contributed by atoms with E-state index in [1.165, 1.54) is 7.05 Å². The topological polar surface area (TPSA) is 75.7 Å². The molecule has 0 aliphatic carbocycles. The fourth-order valence-electron chi connectivity index (χ4n) is 0.672. The lowest BCUT2D eigenvalue weighted by Gasteiger charge is -2.22. The highest BCUT2D eigenvalue weighted by atomic mass is 79.9. The van der Waals surface area contributed by atoms with Crippen LogP contribution in [0.4, 0.5) is 4.79 Å². The minimum Gasteiger partial charge on any atom is -0.449 e. The van der Waals surface area contributed by atoms with E-state index in [9.17, 15) is 13.2 Å². The van der Waals surface area contributed by atoms with Crippen LogP contribution in [0, 0.1) is 0 Å². The van der Waals surface area contributed by atoms with Gasteiger partial charge in [0.2, 0.25) is 0 Å². The third-order valence-electron chi connectivity index (χ3n) is 1.71. The standard InChI is InChI=1S/C7H15BrN2O4S/c1-4-14-7(11)9-15(12,13)10(3)6(2)5-8/h6H,4-5H2,1-3H3,(H,9,11). The zero-order chi connectivity index (χ0) is 12.1. The molecule has 0 bridgehead atoms. The zero-order valence-corrected chi connectivity index (χ0v) is 11.3. The predicted octanol–water partition coefficient (Wildman–Crippen LogP) is 0.692. The van der Waals surface area contributed by atoms with E-state index in [-0.39, 0.29) is 12.6 Å². The molecule has 90 valence electrons. The van der Waals surface area contributed by atoms with Crippen molar-refractivity contribution in [3.05, 3.63) is 0 Å². The van der Waals surface area contributed by atoms with Gasteiger partial charge >= 0.3 is 16.3 Å². The van der Waals surface area contributed by atoms with Gasteiger partial charge in [-0.2, -0.15) is 12.7 Å². The van der Waals surface area contributed by atoms with Gasteiger partial charge in [0.1, 0.15) is 0 Å². The van der Waals surface area contributed by atoms with Gasteiger partial charge in [-0.15, -0.1) is 0 Å². The fourth-order valence-corrected chi connectivity index (χ4v) is 2.26. The number of hydrogen-bond donors (Lipinski definition) is 1. The number of rotatable bonds is 5.